The Morgan fingerprint density at radius 3 is 1.76 bits per heavy atom. The van der Waals surface area contributed by atoms with Gasteiger partial charge in [0.2, 0.25) is 0 Å². The van der Waals surface area contributed by atoms with Crippen molar-refractivity contribution < 1.29 is 4.42 Å². The third kappa shape index (κ3) is 5.82. The monoisotopic (exact) mass is 756 g/mol. The first-order valence-electron chi connectivity index (χ1n) is 20.3. The van der Waals surface area contributed by atoms with E-state index in [0.717, 1.165) is 55.8 Å². The number of hydrogen-bond acceptors (Lipinski definition) is 2. The van der Waals surface area contributed by atoms with E-state index in [2.05, 4.69) is 230 Å². The van der Waals surface area contributed by atoms with E-state index in [0.29, 0.717) is 0 Å². The molecule has 280 valence electrons. The minimum atomic E-state index is 0.860. The van der Waals surface area contributed by atoms with Crippen molar-refractivity contribution in [2.75, 3.05) is 4.90 Å². The van der Waals surface area contributed by atoms with Crippen LogP contribution in [0.25, 0.3) is 82.8 Å². The molecule has 0 N–H and O–H groups in total. The first-order chi connectivity index (χ1) is 29.1. The summed E-state index contributed by atoms with van der Waals surface area (Å²) in [6, 6.07) is 74.3. The van der Waals surface area contributed by atoms with Gasteiger partial charge >= 0.3 is 0 Å². The normalized spacial score (nSPS) is 11.6. The van der Waals surface area contributed by atoms with E-state index in [1.807, 2.05) is 0 Å². The minimum Gasteiger partial charge on any atom is -0.455 e. The van der Waals surface area contributed by atoms with Crippen LogP contribution in [-0.4, -0.2) is 4.57 Å². The number of aromatic nitrogens is 1. The highest BCUT2D eigenvalue weighted by molar-refractivity contribution is 6.17. The molecule has 59 heavy (non-hydrogen) atoms. The lowest BCUT2D eigenvalue weighted by atomic mass is 9.90. The highest BCUT2D eigenvalue weighted by Gasteiger charge is 2.24. The zero-order chi connectivity index (χ0) is 39.5. The molecular weight excluding hydrogens is 717 g/mol. The summed E-state index contributed by atoms with van der Waals surface area (Å²) >= 11 is 0. The van der Waals surface area contributed by atoms with Gasteiger partial charge in [-0.3, -0.25) is 0 Å². The smallest absolute Gasteiger partial charge is 0.145 e. The van der Waals surface area contributed by atoms with Gasteiger partial charge < -0.3 is 13.9 Å². The highest BCUT2D eigenvalue weighted by Crippen LogP contribution is 2.48. The van der Waals surface area contributed by atoms with E-state index < -0.39 is 0 Å². The Morgan fingerprint density at radius 2 is 1.05 bits per heavy atom. The molecule has 0 aliphatic rings. The van der Waals surface area contributed by atoms with Gasteiger partial charge in [0.25, 0.3) is 0 Å². The van der Waals surface area contributed by atoms with Crippen molar-refractivity contribution in [3.8, 4) is 39.1 Å². The van der Waals surface area contributed by atoms with Crippen LogP contribution in [0.1, 0.15) is 11.1 Å². The largest absolute Gasteiger partial charge is 0.455 e. The van der Waals surface area contributed by atoms with Gasteiger partial charge in [-0.15, -0.1) is 0 Å². The predicted molar refractivity (Wildman–Crippen MR) is 249 cm³/mol. The molecule has 9 aromatic carbocycles. The molecule has 2 aromatic heterocycles. The molecule has 0 spiro atoms. The first-order valence-corrected chi connectivity index (χ1v) is 20.3. The number of para-hydroxylation sites is 3. The third-order valence-electron chi connectivity index (χ3n) is 11.8. The lowest BCUT2D eigenvalue weighted by molar-refractivity contribution is 0.670. The summed E-state index contributed by atoms with van der Waals surface area (Å²) < 4.78 is 9.33. The van der Waals surface area contributed by atoms with E-state index in [1.165, 1.54) is 55.2 Å². The molecule has 0 saturated heterocycles. The van der Waals surface area contributed by atoms with Crippen molar-refractivity contribution >= 4 is 60.8 Å². The maximum atomic E-state index is 6.95. The fourth-order valence-corrected chi connectivity index (χ4v) is 9.09. The Labute approximate surface area is 343 Å². The van der Waals surface area contributed by atoms with Crippen molar-refractivity contribution in [3.05, 3.63) is 217 Å². The fourth-order valence-electron chi connectivity index (χ4n) is 9.09. The van der Waals surface area contributed by atoms with E-state index >= 15 is 0 Å². The Bertz CT molecular complexity index is 3280. The van der Waals surface area contributed by atoms with E-state index in [1.54, 1.807) is 0 Å². The Kier molecular flexibility index (Phi) is 8.27. The third-order valence-corrected chi connectivity index (χ3v) is 11.8. The SMILES string of the molecule is Cc1ccc(N(c2cc(C)c(-c3ccccc3)c(-c3ccccc3)c2)c2ccc(-c3cccc(-n4c5ccccc5c5ccccc54)c3)c3oc4ccccc4c23)cc1. The van der Waals surface area contributed by atoms with Gasteiger partial charge in [-0.2, -0.15) is 0 Å². The van der Waals surface area contributed by atoms with Crippen LogP contribution >= 0.6 is 0 Å². The lowest BCUT2D eigenvalue weighted by Crippen LogP contribution is -2.11. The molecule has 0 bridgehead atoms. The standard InChI is InChI=1S/C56H40N2O/c1-37-28-30-42(31-29-37)57(44-34-38(2)54(40-18-7-4-8-19-40)49(36-44)39-16-5-3-6-17-39)52-33-32-45(56-55(52)48-24-11-14-27-53(48)59-56)41-20-15-21-43(35-41)58-50-25-12-9-22-46(50)47-23-10-13-26-51(47)58/h3-36H,1-2H3. The summed E-state index contributed by atoms with van der Waals surface area (Å²) in [7, 11) is 0. The summed E-state index contributed by atoms with van der Waals surface area (Å²) in [6.07, 6.45) is 0. The Balaban J connectivity index is 1.15. The molecule has 11 rings (SSSR count). The number of furan rings is 1. The van der Waals surface area contributed by atoms with E-state index in [-0.39, 0.29) is 0 Å². The zero-order valence-corrected chi connectivity index (χ0v) is 32.9. The molecule has 2 heterocycles. The molecule has 0 unspecified atom stereocenters. The number of benzene rings is 9. The molecule has 0 amide bonds. The quantitative estimate of drug-likeness (QED) is 0.161. The van der Waals surface area contributed by atoms with E-state index in [9.17, 15) is 0 Å². The van der Waals surface area contributed by atoms with Crippen molar-refractivity contribution in [2.24, 2.45) is 0 Å². The summed E-state index contributed by atoms with van der Waals surface area (Å²) in [6.45, 7) is 4.38. The maximum Gasteiger partial charge on any atom is 0.145 e. The number of aryl methyl sites for hydroxylation is 2. The van der Waals surface area contributed by atoms with Crippen LogP contribution in [0.3, 0.4) is 0 Å². The molecular formula is C56H40N2O. The molecule has 11 aromatic rings. The number of hydrogen-bond donors (Lipinski definition) is 0. The average Bonchev–Trinajstić information content (AvgIpc) is 3.84. The van der Waals surface area contributed by atoms with Crippen LogP contribution in [0.2, 0.25) is 0 Å². The molecule has 0 radical (unpaired) electrons. The molecule has 3 nitrogen and oxygen atoms in total. The number of nitrogens with zero attached hydrogens (tertiary/aromatic N) is 2. The maximum absolute atomic E-state index is 6.95. The second-order valence-corrected chi connectivity index (χ2v) is 15.4. The average molecular weight is 757 g/mol. The van der Waals surface area contributed by atoms with Crippen molar-refractivity contribution in [1.29, 1.82) is 0 Å². The van der Waals surface area contributed by atoms with Crippen LogP contribution < -0.4 is 4.90 Å². The molecule has 0 fully saturated rings. The van der Waals surface area contributed by atoms with Crippen LogP contribution in [0.15, 0.2) is 211 Å². The Morgan fingerprint density at radius 1 is 0.441 bits per heavy atom. The zero-order valence-electron chi connectivity index (χ0n) is 32.9. The first kappa shape index (κ1) is 34.6. The van der Waals surface area contributed by atoms with Gasteiger partial charge in [-0.05, 0) is 114 Å². The topological polar surface area (TPSA) is 21.3 Å². The molecule has 3 heteroatoms. The number of fused-ring (bicyclic) bond motifs is 6. The van der Waals surface area contributed by atoms with Gasteiger partial charge in [-0.1, -0.05) is 145 Å². The van der Waals surface area contributed by atoms with Gasteiger partial charge in [0.05, 0.1) is 22.1 Å². The van der Waals surface area contributed by atoms with Crippen molar-refractivity contribution in [1.82, 2.24) is 4.57 Å². The summed E-state index contributed by atoms with van der Waals surface area (Å²) in [5, 5.41) is 4.65. The second kappa shape index (κ2) is 14.1. The van der Waals surface area contributed by atoms with Crippen LogP contribution in [0, 0.1) is 13.8 Å². The van der Waals surface area contributed by atoms with Gasteiger partial charge in [-0.25, -0.2) is 0 Å². The summed E-state index contributed by atoms with van der Waals surface area (Å²) in [4.78, 5) is 2.41. The summed E-state index contributed by atoms with van der Waals surface area (Å²) in [5.41, 5.74) is 17.8. The molecule has 0 saturated carbocycles. The van der Waals surface area contributed by atoms with Gasteiger partial charge in [0.1, 0.15) is 11.2 Å². The van der Waals surface area contributed by atoms with Gasteiger partial charge in [0.15, 0.2) is 0 Å². The lowest BCUT2D eigenvalue weighted by Gasteiger charge is -2.29. The van der Waals surface area contributed by atoms with Crippen LogP contribution in [-0.2, 0) is 0 Å². The molecule has 0 aliphatic carbocycles. The highest BCUT2D eigenvalue weighted by atomic mass is 16.3. The van der Waals surface area contributed by atoms with Crippen molar-refractivity contribution in [2.45, 2.75) is 13.8 Å². The predicted octanol–water partition coefficient (Wildman–Crippen LogP) is 15.8. The molecule has 0 aliphatic heterocycles. The minimum absolute atomic E-state index is 0.860. The summed E-state index contributed by atoms with van der Waals surface area (Å²) in [5.74, 6) is 0. The molecule has 0 atom stereocenters. The number of rotatable bonds is 7. The Hall–Kier alpha value is -7.62. The fraction of sp³-hybridized carbons (Fsp3) is 0.0357. The van der Waals surface area contributed by atoms with Gasteiger partial charge in [0, 0.05) is 38.8 Å². The van der Waals surface area contributed by atoms with Crippen LogP contribution in [0.4, 0.5) is 17.1 Å². The van der Waals surface area contributed by atoms with Crippen LogP contribution in [0.5, 0.6) is 0 Å². The van der Waals surface area contributed by atoms with E-state index in [4.69, 9.17) is 4.42 Å². The number of anilines is 3. The van der Waals surface area contributed by atoms with Crippen molar-refractivity contribution in [3.63, 3.8) is 0 Å². The second-order valence-electron chi connectivity index (χ2n) is 15.4.